The zero-order valence-corrected chi connectivity index (χ0v) is 21.9. The highest BCUT2D eigenvalue weighted by molar-refractivity contribution is 5.20. The summed E-state index contributed by atoms with van der Waals surface area (Å²) in [6.45, 7) is 22.0. The molecule has 31 heavy (non-hydrogen) atoms. The van der Waals surface area contributed by atoms with Gasteiger partial charge in [0.1, 0.15) is 0 Å². The first-order valence-corrected chi connectivity index (χ1v) is 13.7. The van der Waals surface area contributed by atoms with E-state index in [1.54, 1.807) is 0 Å². The van der Waals surface area contributed by atoms with Crippen LogP contribution in [-0.4, -0.2) is 11.2 Å². The van der Waals surface area contributed by atoms with Crippen LogP contribution in [-0.2, 0) is 0 Å². The van der Waals surface area contributed by atoms with Crippen LogP contribution in [0.25, 0.3) is 0 Å². The van der Waals surface area contributed by atoms with Crippen LogP contribution in [0.1, 0.15) is 126 Å². The van der Waals surface area contributed by atoms with Gasteiger partial charge in [-0.15, -0.1) is 0 Å². The third-order valence-electron chi connectivity index (χ3n) is 13.0. The molecule has 178 valence electrons. The Labute approximate surface area is 193 Å². The SMILES string of the molecule is C=C(CC)CCCC1CCC2(C)C1(C)CCC1C3(C)CCC(O)C(C)(C)C3CCC12C. The molecule has 4 aliphatic carbocycles. The Kier molecular flexibility index (Phi) is 5.85. The standard InChI is InChI=1S/C30H52O/c1-9-21(2)11-10-12-22-13-20-30(8)28(22,6)18-15-24-27(5)17-16-25(31)26(3,4)23(27)14-19-29(24,30)7/h22-25,31H,2,9-20H2,1,3-8H3. The maximum Gasteiger partial charge on any atom is 0.0594 e. The monoisotopic (exact) mass is 428 g/mol. The van der Waals surface area contributed by atoms with Gasteiger partial charge in [0.15, 0.2) is 0 Å². The minimum atomic E-state index is -0.117. The fourth-order valence-corrected chi connectivity index (χ4v) is 10.5. The number of allylic oxidation sites excluding steroid dienone is 1. The van der Waals surface area contributed by atoms with Gasteiger partial charge >= 0.3 is 0 Å². The molecule has 0 aromatic heterocycles. The van der Waals surface area contributed by atoms with E-state index in [4.69, 9.17) is 0 Å². The van der Waals surface area contributed by atoms with Crippen molar-refractivity contribution >= 4 is 0 Å². The second kappa shape index (κ2) is 7.61. The predicted octanol–water partition coefficient (Wildman–Crippen LogP) is 8.56. The van der Waals surface area contributed by atoms with Crippen LogP contribution in [0.2, 0.25) is 0 Å². The normalized spacial score (nSPS) is 51.0. The van der Waals surface area contributed by atoms with E-state index in [0.29, 0.717) is 27.6 Å². The molecule has 0 aromatic rings. The van der Waals surface area contributed by atoms with E-state index in [9.17, 15) is 5.11 Å². The molecule has 4 saturated carbocycles. The highest BCUT2D eigenvalue weighted by atomic mass is 16.3. The molecule has 1 N–H and O–H groups in total. The van der Waals surface area contributed by atoms with Crippen molar-refractivity contribution in [2.75, 3.05) is 0 Å². The fourth-order valence-electron chi connectivity index (χ4n) is 10.5. The maximum absolute atomic E-state index is 10.9. The Bertz CT molecular complexity index is 707. The molecule has 0 aliphatic heterocycles. The first kappa shape index (κ1) is 23.8. The maximum atomic E-state index is 10.9. The topological polar surface area (TPSA) is 20.2 Å². The number of aliphatic hydroxyl groups excluding tert-OH is 1. The van der Waals surface area contributed by atoms with Crippen molar-refractivity contribution < 1.29 is 5.11 Å². The molecule has 0 amide bonds. The molecular formula is C30H52O. The third kappa shape index (κ3) is 3.10. The van der Waals surface area contributed by atoms with Gasteiger partial charge in [0.05, 0.1) is 6.10 Å². The van der Waals surface area contributed by atoms with Crippen molar-refractivity contribution in [3.63, 3.8) is 0 Å². The Morgan fingerprint density at radius 1 is 0.839 bits per heavy atom. The average Bonchev–Trinajstić information content (AvgIpc) is 2.97. The van der Waals surface area contributed by atoms with Gasteiger partial charge < -0.3 is 5.11 Å². The number of hydrogen-bond donors (Lipinski definition) is 1. The summed E-state index contributed by atoms with van der Waals surface area (Å²) in [4.78, 5) is 0. The summed E-state index contributed by atoms with van der Waals surface area (Å²) in [6, 6.07) is 0. The van der Waals surface area contributed by atoms with E-state index >= 15 is 0 Å². The van der Waals surface area contributed by atoms with Crippen LogP contribution in [0.3, 0.4) is 0 Å². The molecule has 4 fully saturated rings. The Balaban J connectivity index is 1.61. The lowest BCUT2D eigenvalue weighted by molar-refractivity contribution is -0.239. The van der Waals surface area contributed by atoms with Crippen LogP contribution in [0.5, 0.6) is 0 Å². The van der Waals surface area contributed by atoms with Crippen LogP contribution >= 0.6 is 0 Å². The van der Waals surface area contributed by atoms with Crippen molar-refractivity contribution in [2.24, 2.45) is 44.8 Å². The summed E-state index contributed by atoms with van der Waals surface area (Å²) in [5.41, 5.74) is 3.32. The summed E-state index contributed by atoms with van der Waals surface area (Å²) < 4.78 is 0. The average molecular weight is 429 g/mol. The summed E-state index contributed by atoms with van der Waals surface area (Å²) in [5, 5.41) is 10.9. The molecule has 0 spiro atoms. The second-order valence-electron chi connectivity index (χ2n) is 14.0. The van der Waals surface area contributed by atoms with Crippen LogP contribution in [0.15, 0.2) is 12.2 Å². The van der Waals surface area contributed by atoms with E-state index in [2.05, 4.69) is 55.0 Å². The summed E-state index contributed by atoms with van der Waals surface area (Å²) >= 11 is 0. The third-order valence-corrected chi connectivity index (χ3v) is 13.0. The van der Waals surface area contributed by atoms with Gasteiger partial charge in [-0.25, -0.2) is 0 Å². The van der Waals surface area contributed by atoms with E-state index in [1.807, 2.05) is 0 Å². The molecule has 0 aromatic carbocycles. The van der Waals surface area contributed by atoms with Crippen molar-refractivity contribution in [3.05, 3.63) is 12.2 Å². The lowest BCUT2D eigenvalue weighted by atomic mass is 9.33. The molecule has 0 heterocycles. The van der Waals surface area contributed by atoms with Crippen LogP contribution in [0, 0.1) is 44.8 Å². The van der Waals surface area contributed by atoms with Gasteiger partial charge in [0.2, 0.25) is 0 Å². The molecule has 0 bridgehead atoms. The molecule has 8 atom stereocenters. The zero-order valence-electron chi connectivity index (χ0n) is 21.9. The predicted molar refractivity (Wildman–Crippen MR) is 133 cm³/mol. The molecule has 4 rings (SSSR count). The fraction of sp³-hybridized carbons (Fsp3) is 0.933. The summed E-state index contributed by atoms with van der Waals surface area (Å²) in [6.07, 6.45) is 15.7. The highest BCUT2D eigenvalue weighted by Gasteiger charge is 2.71. The van der Waals surface area contributed by atoms with E-state index in [1.165, 1.54) is 69.8 Å². The molecule has 0 radical (unpaired) electrons. The van der Waals surface area contributed by atoms with Crippen molar-refractivity contribution in [2.45, 2.75) is 132 Å². The van der Waals surface area contributed by atoms with Gasteiger partial charge in [0, 0.05) is 0 Å². The van der Waals surface area contributed by atoms with Gasteiger partial charge in [0.25, 0.3) is 0 Å². The number of rotatable bonds is 5. The summed E-state index contributed by atoms with van der Waals surface area (Å²) in [7, 11) is 0. The van der Waals surface area contributed by atoms with E-state index in [0.717, 1.165) is 24.7 Å². The Morgan fingerprint density at radius 3 is 2.16 bits per heavy atom. The molecule has 8 unspecified atom stereocenters. The quantitative estimate of drug-likeness (QED) is 0.435. The Hall–Kier alpha value is -0.300. The smallest absolute Gasteiger partial charge is 0.0594 e. The molecule has 1 nitrogen and oxygen atoms in total. The molecular weight excluding hydrogens is 376 g/mol. The van der Waals surface area contributed by atoms with Crippen molar-refractivity contribution in [3.8, 4) is 0 Å². The molecule has 1 heteroatoms. The Morgan fingerprint density at radius 2 is 1.48 bits per heavy atom. The first-order valence-electron chi connectivity index (χ1n) is 13.7. The minimum absolute atomic E-state index is 0.0653. The van der Waals surface area contributed by atoms with E-state index in [-0.39, 0.29) is 11.5 Å². The van der Waals surface area contributed by atoms with E-state index < -0.39 is 0 Å². The van der Waals surface area contributed by atoms with Crippen LogP contribution < -0.4 is 0 Å². The zero-order chi connectivity index (χ0) is 22.9. The molecule has 0 saturated heterocycles. The van der Waals surface area contributed by atoms with Gasteiger partial charge in [-0.1, -0.05) is 60.6 Å². The lowest BCUT2D eigenvalue weighted by Gasteiger charge is -2.71. The first-order chi connectivity index (χ1) is 14.4. The van der Waals surface area contributed by atoms with Gasteiger partial charge in [-0.2, -0.15) is 0 Å². The van der Waals surface area contributed by atoms with Gasteiger partial charge in [-0.3, -0.25) is 0 Å². The highest BCUT2D eigenvalue weighted by Crippen LogP contribution is 2.78. The van der Waals surface area contributed by atoms with Gasteiger partial charge in [-0.05, 0) is 122 Å². The number of fused-ring (bicyclic) bond motifs is 5. The number of aliphatic hydroxyl groups is 1. The lowest BCUT2D eigenvalue weighted by Crippen LogP contribution is -2.65. The second-order valence-corrected chi connectivity index (χ2v) is 14.0. The van der Waals surface area contributed by atoms with Crippen LogP contribution in [0.4, 0.5) is 0 Å². The largest absolute Gasteiger partial charge is 0.393 e. The minimum Gasteiger partial charge on any atom is -0.393 e. The van der Waals surface area contributed by atoms with Crippen molar-refractivity contribution in [1.29, 1.82) is 0 Å². The van der Waals surface area contributed by atoms with Crippen molar-refractivity contribution in [1.82, 2.24) is 0 Å². The number of hydrogen-bond acceptors (Lipinski definition) is 1. The molecule has 4 aliphatic rings. The summed E-state index contributed by atoms with van der Waals surface area (Å²) in [5.74, 6) is 2.39.